The minimum Gasteiger partial charge on any atom is -0.393 e. The summed E-state index contributed by atoms with van der Waals surface area (Å²) < 4.78 is 0. The maximum absolute atomic E-state index is 9.02. The van der Waals surface area contributed by atoms with Crippen molar-refractivity contribution in [3.63, 3.8) is 0 Å². The van der Waals surface area contributed by atoms with Crippen LogP contribution >= 0.6 is 0 Å². The highest BCUT2D eigenvalue weighted by Gasteiger charge is 2.03. The summed E-state index contributed by atoms with van der Waals surface area (Å²) in [7, 11) is 0. The van der Waals surface area contributed by atoms with Crippen molar-refractivity contribution in [2.75, 3.05) is 0 Å². The Labute approximate surface area is 61.9 Å². The second-order valence-corrected chi connectivity index (χ2v) is 2.32. The van der Waals surface area contributed by atoms with Crippen molar-refractivity contribution in [3.8, 4) is 12.3 Å². The van der Waals surface area contributed by atoms with E-state index in [1.165, 1.54) is 0 Å². The molecule has 0 rings (SSSR count). The normalized spacial score (nSPS) is 15.8. The molecule has 10 heavy (non-hydrogen) atoms. The summed E-state index contributed by atoms with van der Waals surface area (Å²) in [4.78, 5) is 0. The van der Waals surface area contributed by atoms with Crippen LogP contribution in [0.3, 0.4) is 0 Å². The Morgan fingerprint density at radius 3 is 2.40 bits per heavy atom. The molecule has 58 valence electrons. The van der Waals surface area contributed by atoms with Crippen LogP contribution in [0.15, 0.2) is 0 Å². The third-order valence-corrected chi connectivity index (χ3v) is 1.44. The van der Waals surface area contributed by atoms with E-state index < -0.39 is 6.10 Å². The van der Waals surface area contributed by atoms with Crippen molar-refractivity contribution in [2.24, 2.45) is 0 Å². The highest BCUT2D eigenvalue weighted by Crippen LogP contribution is 2.03. The number of aliphatic hydroxyl groups excluding tert-OH is 2. The van der Waals surface area contributed by atoms with Gasteiger partial charge in [0.2, 0.25) is 0 Å². The first-order chi connectivity index (χ1) is 4.70. The zero-order chi connectivity index (χ0) is 7.98. The molecule has 0 saturated carbocycles. The third kappa shape index (κ3) is 4.37. The molecule has 0 saturated heterocycles. The van der Waals surface area contributed by atoms with Gasteiger partial charge in [0.1, 0.15) is 6.10 Å². The Bertz CT molecular complexity index is 115. The van der Waals surface area contributed by atoms with E-state index in [0.29, 0.717) is 12.8 Å². The van der Waals surface area contributed by atoms with Gasteiger partial charge in [-0.05, 0) is 19.3 Å². The highest BCUT2D eigenvalue weighted by molar-refractivity contribution is 4.93. The van der Waals surface area contributed by atoms with Crippen LogP contribution in [-0.4, -0.2) is 22.4 Å². The average Bonchev–Trinajstić information content (AvgIpc) is 1.99. The van der Waals surface area contributed by atoms with Crippen LogP contribution in [0.5, 0.6) is 0 Å². The van der Waals surface area contributed by atoms with Crippen LogP contribution < -0.4 is 0 Å². The summed E-state index contributed by atoms with van der Waals surface area (Å²) in [5.74, 6) is 2.19. The van der Waals surface area contributed by atoms with Crippen LogP contribution in [0.1, 0.15) is 26.2 Å². The molecule has 0 aliphatic carbocycles. The van der Waals surface area contributed by atoms with Gasteiger partial charge in [0, 0.05) is 0 Å². The fraction of sp³-hybridized carbons (Fsp3) is 0.750. The fourth-order valence-corrected chi connectivity index (χ4v) is 0.638. The van der Waals surface area contributed by atoms with E-state index in [9.17, 15) is 0 Å². The van der Waals surface area contributed by atoms with Crippen molar-refractivity contribution in [3.05, 3.63) is 0 Å². The predicted molar refractivity (Wildman–Crippen MR) is 40.4 cm³/mol. The molecule has 0 radical (unpaired) electrons. The summed E-state index contributed by atoms with van der Waals surface area (Å²) in [5.41, 5.74) is 0. The molecule has 0 aliphatic rings. The predicted octanol–water partition coefficient (Wildman–Crippen LogP) is 0.532. The van der Waals surface area contributed by atoms with Crippen LogP contribution in [-0.2, 0) is 0 Å². The van der Waals surface area contributed by atoms with Gasteiger partial charge in [-0.3, -0.25) is 0 Å². The van der Waals surface area contributed by atoms with E-state index in [2.05, 4.69) is 5.92 Å². The lowest BCUT2D eigenvalue weighted by molar-refractivity contribution is 0.133. The Hall–Kier alpha value is -0.520. The molecule has 0 fully saturated rings. The summed E-state index contributed by atoms with van der Waals surface area (Å²) in [6.45, 7) is 1.90. The average molecular weight is 142 g/mol. The van der Waals surface area contributed by atoms with E-state index in [-0.39, 0.29) is 6.10 Å². The van der Waals surface area contributed by atoms with Crippen molar-refractivity contribution in [2.45, 2.75) is 38.4 Å². The Morgan fingerprint density at radius 2 is 2.00 bits per heavy atom. The van der Waals surface area contributed by atoms with Crippen LogP contribution in [0.2, 0.25) is 0 Å². The lowest BCUT2D eigenvalue weighted by Crippen LogP contribution is -2.10. The highest BCUT2D eigenvalue weighted by atomic mass is 16.3. The molecular formula is C8H14O2. The molecule has 0 bridgehead atoms. The third-order valence-electron chi connectivity index (χ3n) is 1.44. The molecule has 2 unspecified atom stereocenters. The molecule has 0 heterocycles. The first kappa shape index (κ1) is 9.48. The molecule has 2 heteroatoms. The Balaban J connectivity index is 3.28. The smallest absolute Gasteiger partial charge is 0.114 e. The minimum atomic E-state index is -0.693. The largest absolute Gasteiger partial charge is 0.393 e. The Kier molecular flexibility index (Phi) is 5.00. The molecule has 2 atom stereocenters. The van der Waals surface area contributed by atoms with Crippen LogP contribution in [0, 0.1) is 12.3 Å². The van der Waals surface area contributed by atoms with E-state index in [0.717, 1.165) is 6.42 Å². The minimum absolute atomic E-state index is 0.317. The number of rotatable bonds is 4. The van der Waals surface area contributed by atoms with Crippen LogP contribution in [0.4, 0.5) is 0 Å². The van der Waals surface area contributed by atoms with Gasteiger partial charge in [-0.2, -0.15) is 0 Å². The van der Waals surface area contributed by atoms with Gasteiger partial charge in [0.25, 0.3) is 0 Å². The zero-order valence-electron chi connectivity index (χ0n) is 6.25. The molecule has 0 aromatic rings. The summed E-state index contributed by atoms with van der Waals surface area (Å²) in [5, 5.41) is 17.9. The van der Waals surface area contributed by atoms with Crippen LogP contribution in [0.25, 0.3) is 0 Å². The van der Waals surface area contributed by atoms with E-state index in [4.69, 9.17) is 16.6 Å². The number of hydrogen-bond donors (Lipinski definition) is 2. The maximum atomic E-state index is 9.02. The maximum Gasteiger partial charge on any atom is 0.114 e. The van der Waals surface area contributed by atoms with E-state index in [1.54, 1.807) is 0 Å². The fourth-order valence-electron chi connectivity index (χ4n) is 0.638. The SMILES string of the molecule is C#CC(O)CCC(O)CC. The van der Waals surface area contributed by atoms with Gasteiger partial charge in [0.15, 0.2) is 0 Å². The van der Waals surface area contributed by atoms with Crippen molar-refractivity contribution in [1.29, 1.82) is 0 Å². The quantitative estimate of drug-likeness (QED) is 0.562. The molecular weight excluding hydrogens is 128 g/mol. The van der Waals surface area contributed by atoms with E-state index >= 15 is 0 Å². The standard InChI is InChI=1S/C8H14O2/c1-3-7(9)5-6-8(10)4-2/h1,7-10H,4-6H2,2H3. The summed E-state index contributed by atoms with van der Waals surface area (Å²) in [6.07, 6.45) is 5.70. The van der Waals surface area contributed by atoms with Gasteiger partial charge < -0.3 is 10.2 Å². The van der Waals surface area contributed by atoms with Gasteiger partial charge >= 0.3 is 0 Å². The molecule has 0 spiro atoms. The van der Waals surface area contributed by atoms with Crippen molar-refractivity contribution >= 4 is 0 Å². The second-order valence-electron chi connectivity index (χ2n) is 2.32. The van der Waals surface area contributed by atoms with Crippen molar-refractivity contribution < 1.29 is 10.2 Å². The molecule has 0 aromatic carbocycles. The molecule has 0 aromatic heterocycles. The summed E-state index contributed by atoms with van der Waals surface area (Å²) >= 11 is 0. The number of terminal acetylenes is 1. The first-order valence-corrected chi connectivity index (χ1v) is 3.53. The molecule has 2 nitrogen and oxygen atoms in total. The lowest BCUT2D eigenvalue weighted by atomic mass is 10.1. The monoisotopic (exact) mass is 142 g/mol. The zero-order valence-corrected chi connectivity index (χ0v) is 6.25. The lowest BCUT2D eigenvalue weighted by Gasteiger charge is -2.07. The van der Waals surface area contributed by atoms with Gasteiger partial charge in [-0.25, -0.2) is 0 Å². The topological polar surface area (TPSA) is 40.5 Å². The van der Waals surface area contributed by atoms with Gasteiger partial charge in [-0.15, -0.1) is 6.42 Å². The van der Waals surface area contributed by atoms with Crippen molar-refractivity contribution in [1.82, 2.24) is 0 Å². The van der Waals surface area contributed by atoms with E-state index in [1.807, 2.05) is 6.92 Å². The molecule has 0 amide bonds. The number of aliphatic hydroxyl groups is 2. The first-order valence-electron chi connectivity index (χ1n) is 3.53. The second kappa shape index (κ2) is 5.28. The molecule has 0 aliphatic heterocycles. The van der Waals surface area contributed by atoms with Gasteiger partial charge in [-0.1, -0.05) is 12.8 Å². The molecule has 2 N–H and O–H groups in total. The Morgan fingerprint density at radius 1 is 1.40 bits per heavy atom. The van der Waals surface area contributed by atoms with Gasteiger partial charge in [0.05, 0.1) is 6.10 Å². The summed E-state index contributed by atoms with van der Waals surface area (Å²) in [6, 6.07) is 0. The number of hydrogen-bond acceptors (Lipinski definition) is 2.